The summed E-state index contributed by atoms with van der Waals surface area (Å²) in [6, 6.07) is 6.21. The van der Waals surface area contributed by atoms with Crippen LogP contribution in [0, 0.1) is 4.77 Å². The van der Waals surface area contributed by atoms with Gasteiger partial charge in [0.1, 0.15) is 0 Å². The fourth-order valence-corrected chi connectivity index (χ4v) is 3.12. The van der Waals surface area contributed by atoms with E-state index in [-0.39, 0.29) is 0 Å². The van der Waals surface area contributed by atoms with Crippen LogP contribution in [0.15, 0.2) is 24.4 Å². The maximum absolute atomic E-state index is 6.21. The van der Waals surface area contributed by atoms with E-state index in [4.69, 9.17) is 23.8 Å². The van der Waals surface area contributed by atoms with Crippen molar-refractivity contribution >= 4 is 23.8 Å². The third kappa shape index (κ3) is 2.05. The van der Waals surface area contributed by atoms with Crippen LogP contribution in [0.3, 0.4) is 0 Å². The predicted molar refractivity (Wildman–Crippen MR) is 72.2 cm³/mol. The van der Waals surface area contributed by atoms with E-state index >= 15 is 0 Å². The number of aromatic amines is 2. The second-order valence-electron chi connectivity index (χ2n) is 4.52. The van der Waals surface area contributed by atoms with E-state index in [1.54, 1.807) is 0 Å². The molecule has 1 heterocycles. The molecule has 1 aliphatic rings. The highest BCUT2D eigenvalue weighted by atomic mass is 35.5. The fourth-order valence-electron chi connectivity index (χ4n) is 2.65. The number of fused-ring (bicyclic) bond motifs is 1. The van der Waals surface area contributed by atoms with Gasteiger partial charge in [0.2, 0.25) is 0 Å². The normalized spacial score (nSPS) is 18.3. The number of nitrogens with one attached hydrogen (secondary N) is 2. The molecule has 4 heteroatoms. The van der Waals surface area contributed by atoms with Crippen LogP contribution in [0.1, 0.15) is 29.2 Å². The van der Waals surface area contributed by atoms with E-state index in [2.05, 4.69) is 16.0 Å². The second-order valence-corrected chi connectivity index (χ2v) is 5.33. The van der Waals surface area contributed by atoms with Crippen LogP contribution in [0.25, 0.3) is 0 Å². The van der Waals surface area contributed by atoms with Crippen LogP contribution in [-0.4, -0.2) is 9.97 Å². The Morgan fingerprint density at radius 1 is 1.41 bits per heavy atom. The van der Waals surface area contributed by atoms with Crippen molar-refractivity contribution in [3.63, 3.8) is 0 Å². The van der Waals surface area contributed by atoms with Crippen LogP contribution < -0.4 is 0 Å². The SMILES string of the molecule is S=c1[nH]cc(CC2CCc3c(Cl)cccc32)[nH]1. The van der Waals surface area contributed by atoms with E-state index in [9.17, 15) is 0 Å². The molecule has 2 nitrogen and oxygen atoms in total. The number of hydrogen-bond acceptors (Lipinski definition) is 1. The van der Waals surface area contributed by atoms with Gasteiger partial charge < -0.3 is 9.97 Å². The first-order chi connectivity index (χ1) is 8.24. The molecule has 3 rings (SSSR count). The summed E-state index contributed by atoms with van der Waals surface area (Å²) in [5, 5.41) is 0.909. The Hall–Kier alpha value is -1.06. The largest absolute Gasteiger partial charge is 0.337 e. The third-order valence-corrected chi connectivity index (χ3v) is 4.03. The molecule has 0 radical (unpaired) electrons. The summed E-state index contributed by atoms with van der Waals surface area (Å²) in [5.74, 6) is 0.560. The first kappa shape index (κ1) is 11.1. The highest BCUT2D eigenvalue weighted by molar-refractivity contribution is 7.71. The van der Waals surface area contributed by atoms with Crippen molar-refractivity contribution < 1.29 is 0 Å². The zero-order chi connectivity index (χ0) is 11.8. The molecule has 0 aliphatic heterocycles. The van der Waals surface area contributed by atoms with Crippen molar-refractivity contribution in [1.82, 2.24) is 9.97 Å². The Labute approximate surface area is 110 Å². The zero-order valence-corrected chi connectivity index (χ0v) is 10.9. The van der Waals surface area contributed by atoms with Gasteiger partial charge in [-0.1, -0.05) is 23.7 Å². The number of H-pyrrole nitrogens is 2. The molecule has 0 saturated carbocycles. The minimum atomic E-state index is 0.560. The molecular weight excluding hydrogens is 252 g/mol. The van der Waals surface area contributed by atoms with Crippen molar-refractivity contribution in [2.24, 2.45) is 0 Å². The lowest BCUT2D eigenvalue weighted by molar-refractivity contribution is 0.665. The molecule has 0 amide bonds. The molecule has 1 aliphatic carbocycles. The lowest BCUT2D eigenvalue weighted by Gasteiger charge is -2.10. The van der Waals surface area contributed by atoms with Crippen LogP contribution in [0.4, 0.5) is 0 Å². The highest BCUT2D eigenvalue weighted by Crippen LogP contribution is 2.38. The molecular formula is C13H13ClN2S. The molecule has 1 atom stereocenters. The summed E-state index contributed by atoms with van der Waals surface area (Å²) >= 11 is 11.3. The summed E-state index contributed by atoms with van der Waals surface area (Å²) in [6.07, 6.45) is 5.22. The highest BCUT2D eigenvalue weighted by Gasteiger charge is 2.24. The topological polar surface area (TPSA) is 31.6 Å². The fraction of sp³-hybridized carbons (Fsp3) is 0.308. The maximum atomic E-state index is 6.21. The van der Waals surface area contributed by atoms with Crippen molar-refractivity contribution in [2.75, 3.05) is 0 Å². The monoisotopic (exact) mass is 264 g/mol. The van der Waals surface area contributed by atoms with E-state index in [0.29, 0.717) is 10.7 Å². The zero-order valence-electron chi connectivity index (χ0n) is 9.29. The number of hydrogen-bond donors (Lipinski definition) is 2. The number of halogens is 1. The van der Waals surface area contributed by atoms with E-state index in [1.165, 1.54) is 23.2 Å². The standard InChI is InChI=1S/C13H13ClN2S/c14-12-3-1-2-10-8(4-5-11(10)12)6-9-7-15-13(17)16-9/h1-3,7-8H,4-6H2,(H2,15,16,17). The van der Waals surface area contributed by atoms with Gasteiger partial charge in [0.05, 0.1) is 0 Å². The van der Waals surface area contributed by atoms with Gasteiger partial charge in [0.25, 0.3) is 0 Å². The van der Waals surface area contributed by atoms with Crippen molar-refractivity contribution in [3.8, 4) is 0 Å². The van der Waals surface area contributed by atoms with Gasteiger partial charge in [0.15, 0.2) is 4.77 Å². The molecule has 2 N–H and O–H groups in total. The van der Waals surface area contributed by atoms with Gasteiger partial charge in [-0.2, -0.15) is 0 Å². The molecule has 0 saturated heterocycles. The van der Waals surface area contributed by atoms with Crippen LogP contribution in [0.2, 0.25) is 5.02 Å². The van der Waals surface area contributed by atoms with Crippen molar-refractivity contribution in [1.29, 1.82) is 0 Å². The second kappa shape index (κ2) is 4.31. The molecule has 0 spiro atoms. The Morgan fingerprint density at radius 3 is 3.06 bits per heavy atom. The van der Waals surface area contributed by atoms with Crippen molar-refractivity contribution in [3.05, 3.63) is 51.0 Å². The van der Waals surface area contributed by atoms with Crippen LogP contribution in [-0.2, 0) is 12.8 Å². The Morgan fingerprint density at radius 2 is 2.29 bits per heavy atom. The Balaban J connectivity index is 1.89. The van der Waals surface area contributed by atoms with E-state index < -0.39 is 0 Å². The summed E-state index contributed by atoms with van der Waals surface area (Å²) in [5.41, 5.74) is 3.90. The maximum Gasteiger partial charge on any atom is 0.174 e. The summed E-state index contributed by atoms with van der Waals surface area (Å²) < 4.78 is 0.698. The molecule has 1 unspecified atom stereocenters. The van der Waals surface area contributed by atoms with Gasteiger partial charge in [-0.15, -0.1) is 0 Å². The molecule has 17 heavy (non-hydrogen) atoms. The Kier molecular flexibility index (Phi) is 2.81. The number of imidazole rings is 1. The third-order valence-electron chi connectivity index (χ3n) is 3.46. The molecule has 2 aromatic rings. The number of rotatable bonds is 2. The smallest absolute Gasteiger partial charge is 0.174 e. The average Bonchev–Trinajstić information content (AvgIpc) is 2.88. The molecule has 0 fully saturated rings. The minimum absolute atomic E-state index is 0.560. The predicted octanol–water partition coefficient (Wildman–Crippen LogP) is 4.00. The summed E-state index contributed by atoms with van der Waals surface area (Å²) in [4.78, 5) is 6.19. The quantitative estimate of drug-likeness (QED) is 0.790. The summed E-state index contributed by atoms with van der Waals surface area (Å²) in [6.45, 7) is 0. The molecule has 88 valence electrons. The van der Waals surface area contributed by atoms with E-state index in [0.717, 1.165) is 17.9 Å². The van der Waals surface area contributed by atoms with Gasteiger partial charge in [-0.05, 0) is 54.6 Å². The van der Waals surface area contributed by atoms with Gasteiger partial charge >= 0.3 is 0 Å². The average molecular weight is 265 g/mol. The number of aromatic nitrogens is 2. The van der Waals surface area contributed by atoms with E-state index in [1.807, 2.05) is 18.3 Å². The van der Waals surface area contributed by atoms with Crippen LogP contribution >= 0.6 is 23.8 Å². The van der Waals surface area contributed by atoms with Crippen molar-refractivity contribution in [2.45, 2.75) is 25.2 Å². The van der Waals surface area contributed by atoms with Gasteiger partial charge in [0, 0.05) is 16.9 Å². The lowest BCUT2D eigenvalue weighted by Crippen LogP contribution is -1.98. The molecule has 1 aromatic heterocycles. The van der Waals surface area contributed by atoms with Gasteiger partial charge in [-0.25, -0.2) is 0 Å². The molecule has 1 aromatic carbocycles. The first-order valence-electron chi connectivity index (χ1n) is 5.78. The first-order valence-corrected chi connectivity index (χ1v) is 6.56. The Bertz CT molecular complexity index is 599. The van der Waals surface area contributed by atoms with Gasteiger partial charge in [-0.3, -0.25) is 0 Å². The minimum Gasteiger partial charge on any atom is -0.337 e. The summed E-state index contributed by atoms with van der Waals surface area (Å²) in [7, 11) is 0. The molecule has 0 bridgehead atoms. The lowest BCUT2D eigenvalue weighted by atomic mass is 9.96. The number of benzene rings is 1. The van der Waals surface area contributed by atoms with Crippen LogP contribution in [0.5, 0.6) is 0 Å².